The van der Waals surface area contributed by atoms with Gasteiger partial charge < -0.3 is 10.1 Å². The third-order valence-corrected chi connectivity index (χ3v) is 2.74. The summed E-state index contributed by atoms with van der Waals surface area (Å²) in [6.45, 7) is 4.14. The number of nitrogens with one attached hydrogen (secondary N) is 1. The van der Waals surface area contributed by atoms with Crippen LogP contribution >= 0.6 is 0 Å². The molecule has 2 aromatic rings. The van der Waals surface area contributed by atoms with E-state index in [2.05, 4.69) is 10.3 Å². The summed E-state index contributed by atoms with van der Waals surface area (Å²) < 4.78 is 45.8. The monoisotopic (exact) mass is 296 g/mol. The van der Waals surface area contributed by atoms with E-state index < -0.39 is 23.2 Å². The highest BCUT2D eigenvalue weighted by molar-refractivity contribution is 5.31. The number of pyridine rings is 1. The van der Waals surface area contributed by atoms with Crippen LogP contribution in [0.3, 0.4) is 0 Å². The normalized spacial score (nSPS) is 11.0. The average Bonchev–Trinajstić information content (AvgIpc) is 2.43. The van der Waals surface area contributed by atoms with E-state index in [9.17, 15) is 13.2 Å². The van der Waals surface area contributed by atoms with Crippen LogP contribution in [0.4, 0.5) is 13.2 Å². The van der Waals surface area contributed by atoms with Gasteiger partial charge in [0, 0.05) is 30.4 Å². The second-order valence-corrected chi connectivity index (χ2v) is 4.80. The first-order valence-electron chi connectivity index (χ1n) is 6.47. The van der Waals surface area contributed by atoms with Crippen molar-refractivity contribution in [2.45, 2.75) is 26.4 Å². The van der Waals surface area contributed by atoms with Crippen LogP contribution in [0.2, 0.25) is 0 Å². The van der Waals surface area contributed by atoms with Crippen molar-refractivity contribution in [1.29, 1.82) is 0 Å². The lowest BCUT2D eigenvalue weighted by molar-refractivity contribution is 0.391. The van der Waals surface area contributed by atoms with E-state index in [1.165, 1.54) is 12.3 Å². The van der Waals surface area contributed by atoms with E-state index in [4.69, 9.17) is 4.74 Å². The van der Waals surface area contributed by atoms with Gasteiger partial charge in [0.15, 0.2) is 17.4 Å². The number of hydrogen-bond acceptors (Lipinski definition) is 3. The average molecular weight is 296 g/mol. The predicted octanol–water partition coefficient (Wildman–Crippen LogP) is 3.79. The first-order valence-corrected chi connectivity index (χ1v) is 6.47. The molecule has 0 spiro atoms. The van der Waals surface area contributed by atoms with Gasteiger partial charge in [-0.15, -0.1) is 0 Å². The maximum absolute atomic E-state index is 14.2. The van der Waals surface area contributed by atoms with Crippen molar-refractivity contribution in [3.05, 3.63) is 53.5 Å². The molecule has 1 aromatic heterocycles. The highest BCUT2D eigenvalue weighted by atomic mass is 19.1. The molecule has 0 saturated carbocycles. The zero-order valence-corrected chi connectivity index (χ0v) is 11.7. The van der Waals surface area contributed by atoms with Gasteiger partial charge in [-0.3, -0.25) is 0 Å². The molecule has 2 rings (SSSR count). The Bertz CT molecular complexity index is 632. The Morgan fingerprint density at radius 3 is 2.67 bits per heavy atom. The fourth-order valence-corrected chi connectivity index (χ4v) is 1.64. The summed E-state index contributed by atoms with van der Waals surface area (Å²) in [5.41, 5.74) is 0.338. The number of rotatable bonds is 5. The zero-order chi connectivity index (χ0) is 15.4. The molecule has 0 atom stereocenters. The molecule has 1 N–H and O–H groups in total. The third kappa shape index (κ3) is 3.95. The van der Waals surface area contributed by atoms with Crippen LogP contribution in [0, 0.1) is 17.5 Å². The highest BCUT2D eigenvalue weighted by Crippen LogP contribution is 2.27. The number of benzene rings is 1. The molecule has 0 unspecified atom stereocenters. The van der Waals surface area contributed by atoms with Gasteiger partial charge in [0.2, 0.25) is 0 Å². The maximum Gasteiger partial charge on any atom is 0.256 e. The molecule has 0 saturated heterocycles. The summed E-state index contributed by atoms with van der Waals surface area (Å²) in [6.07, 6.45) is 1.35. The molecular weight excluding hydrogens is 281 g/mol. The molecular formula is C15H15F3N2O. The van der Waals surface area contributed by atoms with E-state index in [-0.39, 0.29) is 18.5 Å². The van der Waals surface area contributed by atoms with Crippen molar-refractivity contribution in [3.8, 4) is 11.6 Å². The second kappa shape index (κ2) is 6.58. The van der Waals surface area contributed by atoms with E-state index in [1.54, 1.807) is 0 Å². The molecule has 6 heteroatoms. The first kappa shape index (κ1) is 15.3. The van der Waals surface area contributed by atoms with Gasteiger partial charge in [-0.25, -0.2) is 18.2 Å². The molecule has 0 aliphatic carbocycles. The van der Waals surface area contributed by atoms with Crippen LogP contribution in [0.5, 0.6) is 11.6 Å². The standard InChI is InChI=1S/C15H15F3N2O/c1-9(2)20-8-10-5-6-19-15(14(10)18)21-13-7-11(16)3-4-12(13)17/h3-7,9,20H,8H2,1-2H3. The lowest BCUT2D eigenvalue weighted by Crippen LogP contribution is -2.22. The fourth-order valence-electron chi connectivity index (χ4n) is 1.64. The minimum atomic E-state index is -0.789. The van der Waals surface area contributed by atoms with E-state index >= 15 is 0 Å². The smallest absolute Gasteiger partial charge is 0.256 e. The van der Waals surface area contributed by atoms with Crippen LogP contribution in [0.1, 0.15) is 19.4 Å². The van der Waals surface area contributed by atoms with Gasteiger partial charge in [-0.2, -0.15) is 0 Å². The van der Waals surface area contributed by atoms with E-state index in [0.29, 0.717) is 5.56 Å². The van der Waals surface area contributed by atoms with Crippen molar-refractivity contribution in [1.82, 2.24) is 10.3 Å². The first-order chi connectivity index (χ1) is 9.97. The van der Waals surface area contributed by atoms with Crippen molar-refractivity contribution in [2.24, 2.45) is 0 Å². The van der Waals surface area contributed by atoms with Crippen molar-refractivity contribution < 1.29 is 17.9 Å². The molecule has 0 aliphatic heterocycles. The van der Waals surface area contributed by atoms with Crippen molar-refractivity contribution >= 4 is 0 Å². The summed E-state index contributed by atoms with van der Waals surface area (Å²) in [6, 6.07) is 4.39. The zero-order valence-electron chi connectivity index (χ0n) is 11.7. The van der Waals surface area contributed by atoms with Crippen LogP contribution in [-0.2, 0) is 6.54 Å². The van der Waals surface area contributed by atoms with Crippen LogP contribution in [0.15, 0.2) is 30.5 Å². The largest absolute Gasteiger partial charge is 0.433 e. The lowest BCUT2D eigenvalue weighted by atomic mass is 10.2. The Morgan fingerprint density at radius 1 is 1.19 bits per heavy atom. The summed E-state index contributed by atoms with van der Waals surface area (Å²) in [5.74, 6) is -2.96. The molecule has 112 valence electrons. The lowest BCUT2D eigenvalue weighted by Gasteiger charge is -2.11. The fraction of sp³-hybridized carbons (Fsp3) is 0.267. The topological polar surface area (TPSA) is 34.2 Å². The Balaban J connectivity index is 2.24. The van der Waals surface area contributed by atoms with Crippen LogP contribution in [-0.4, -0.2) is 11.0 Å². The minimum absolute atomic E-state index is 0.183. The minimum Gasteiger partial charge on any atom is -0.433 e. The molecule has 0 amide bonds. The summed E-state index contributed by atoms with van der Waals surface area (Å²) in [7, 11) is 0. The Labute approximate surface area is 120 Å². The molecule has 0 fully saturated rings. The van der Waals surface area contributed by atoms with E-state index in [1.807, 2.05) is 13.8 Å². The second-order valence-electron chi connectivity index (χ2n) is 4.80. The molecule has 3 nitrogen and oxygen atoms in total. The van der Waals surface area contributed by atoms with Gasteiger partial charge in [-0.05, 0) is 18.2 Å². The third-order valence-electron chi connectivity index (χ3n) is 2.74. The molecule has 0 radical (unpaired) electrons. The van der Waals surface area contributed by atoms with Gasteiger partial charge >= 0.3 is 0 Å². The maximum atomic E-state index is 14.2. The quantitative estimate of drug-likeness (QED) is 0.911. The Morgan fingerprint density at radius 2 is 1.95 bits per heavy atom. The summed E-state index contributed by atoms with van der Waals surface area (Å²) in [5, 5.41) is 3.06. The molecule has 0 bridgehead atoms. The highest BCUT2D eigenvalue weighted by Gasteiger charge is 2.14. The molecule has 0 aliphatic rings. The van der Waals surface area contributed by atoms with E-state index in [0.717, 1.165) is 18.2 Å². The SMILES string of the molecule is CC(C)NCc1ccnc(Oc2cc(F)ccc2F)c1F. The number of ether oxygens (including phenoxy) is 1. The number of hydrogen-bond donors (Lipinski definition) is 1. The predicted molar refractivity (Wildman–Crippen MR) is 72.6 cm³/mol. The molecule has 21 heavy (non-hydrogen) atoms. The van der Waals surface area contributed by atoms with Gasteiger partial charge in [0.1, 0.15) is 5.82 Å². The Kier molecular flexibility index (Phi) is 4.80. The van der Waals surface area contributed by atoms with Crippen LogP contribution in [0.25, 0.3) is 0 Å². The molecule has 1 aromatic carbocycles. The van der Waals surface area contributed by atoms with Gasteiger partial charge in [0.25, 0.3) is 5.88 Å². The summed E-state index contributed by atoms with van der Waals surface area (Å²) >= 11 is 0. The van der Waals surface area contributed by atoms with Gasteiger partial charge in [0.05, 0.1) is 0 Å². The van der Waals surface area contributed by atoms with Crippen molar-refractivity contribution in [3.63, 3.8) is 0 Å². The summed E-state index contributed by atoms with van der Waals surface area (Å²) in [4.78, 5) is 3.72. The van der Waals surface area contributed by atoms with Crippen LogP contribution < -0.4 is 10.1 Å². The number of nitrogens with zero attached hydrogens (tertiary/aromatic N) is 1. The van der Waals surface area contributed by atoms with Crippen molar-refractivity contribution in [2.75, 3.05) is 0 Å². The number of aromatic nitrogens is 1. The number of halogens is 3. The van der Waals surface area contributed by atoms with Gasteiger partial charge in [-0.1, -0.05) is 13.8 Å². The molecule has 1 heterocycles. The Hall–Kier alpha value is -2.08.